The van der Waals surface area contributed by atoms with E-state index >= 15 is 0 Å². The molecule has 1 aromatic heterocycles. The van der Waals surface area contributed by atoms with Crippen molar-refractivity contribution in [2.75, 3.05) is 11.9 Å². The van der Waals surface area contributed by atoms with Gasteiger partial charge in [0.1, 0.15) is 11.6 Å². The molecular formula is C15H13F4N3S. The van der Waals surface area contributed by atoms with E-state index in [1.54, 1.807) is 12.3 Å². The summed E-state index contributed by atoms with van der Waals surface area (Å²) < 4.78 is 54.8. The molecule has 1 aliphatic heterocycles. The second kappa shape index (κ2) is 6.29. The van der Waals surface area contributed by atoms with Gasteiger partial charge in [-0.05, 0) is 42.1 Å². The van der Waals surface area contributed by atoms with Gasteiger partial charge in [0.25, 0.3) is 0 Å². The highest BCUT2D eigenvalue weighted by Gasteiger charge is 2.34. The zero-order valence-electron chi connectivity index (χ0n) is 11.8. The lowest BCUT2D eigenvalue weighted by molar-refractivity contribution is -0.139. The smallest absolute Gasteiger partial charge is 0.340 e. The van der Waals surface area contributed by atoms with Gasteiger partial charge in [0.05, 0.1) is 5.56 Å². The molecule has 2 heterocycles. The third-order valence-electron chi connectivity index (χ3n) is 3.22. The van der Waals surface area contributed by atoms with Gasteiger partial charge in [0.15, 0.2) is 0 Å². The molecular weight excluding hydrogens is 330 g/mol. The summed E-state index contributed by atoms with van der Waals surface area (Å²) in [5, 5.41) is 4.94. The molecule has 8 heteroatoms. The molecule has 1 atom stereocenters. The number of anilines is 2. The Morgan fingerprint density at radius 1 is 1.17 bits per heavy atom. The summed E-state index contributed by atoms with van der Waals surface area (Å²) in [4.78, 5) is 5.10. The fourth-order valence-corrected chi connectivity index (χ4v) is 3.78. The van der Waals surface area contributed by atoms with Gasteiger partial charge in [-0.25, -0.2) is 9.37 Å². The first-order chi connectivity index (χ1) is 10.9. The first-order valence-electron chi connectivity index (χ1n) is 6.83. The highest BCUT2D eigenvalue weighted by Crippen LogP contribution is 2.34. The molecule has 1 aliphatic rings. The van der Waals surface area contributed by atoms with E-state index in [0.29, 0.717) is 5.82 Å². The number of alkyl halides is 3. The van der Waals surface area contributed by atoms with E-state index in [4.69, 9.17) is 0 Å². The minimum Gasteiger partial charge on any atom is -0.340 e. The summed E-state index contributed by atoms with van der Waals surface area (Å²) in [6.45, 7) is 0.904. The summed E-state index contributed by atoms with van der Waals surface area (Å²) in [5.41, 5.74) is -1.17. The van der Waals surface area contributed by atoms with Gasteiger partial charge in [-0.1, -0.05) is 10.7 Å². The molecule has 122 valence electrons. The summed E-state index contributed by atoms with van der Waals surface area (Å²) in [5.74, 6) is -0.882. The zero-order chi connectivity index (χ0) is 16.4. The quantitative estimate of drug-likeness (QED) is 0.644. The predicted octanol–water partition coefficient (Wildman–Crippen LogP) is 4.32. The standard InChI is InChI=1S/C15H13F4N3S/c16-13-3-2-10(8-12(13)15(17,18)19)22-14-9-11(4-6-20-14)23-7-1-5-21-23/h2-4,6-9,21H,1,5H2,(H,20,22). The highest BCUT2D eigenvalue weighted by atomic mass is 32.2. The van der Waals surface area contributed by atoms with Crippen LogP contribution in [0.15, 0.2) is 41.4 Å². The van der Waals surface area contributed by atoms with Crippen LogP contribution < -0.4 is 10.0 Å². The van der Waals surface area contributed by atoms with E-state index < -0.39 is 17.6 Å². The van der Waals surface area contributed by atoms with Crippen LogP contribution in [0.5, 0.6) is 0 Å². The van der Waals surface area contributed by atoms with E-state index in [9.17, 15) is 17.6 Å². The summed E-state index contributed by atoms with van der Waals surface area (Å²) in [6.07, 6.45) is -2.17. The number of nitrogens with one attached hydrogen (secondary N) is 2. The van der Waals surface area contributed by atoms with E-state index in [1.165, 1.54) is 6.07 Å². The van der Waals surface area contributed by atoms with Crippen molar-refractivity contribution in [3.63, 3.8) is 0 Å². The Hall–Kier alpha value is -1.93. The summed E-state index contributed by atoms with van der Waals surface area (Å²) in [6, 6.07) is 6.42. The first kappa shape index (κ1) is 15.9. The van der Waals surface area contributed by atoms with Gasteiger partial charge >= 0.3 is 6.18 Å². The van der Waals surface area contributed by atoms with Crippen LogP contribution in [-0.4, -0.2) is 16.9 Å². The van der Waals surface area contributed by atoms with Crippen molar-refractivity contribution in [1.82, 2.24) is 9.71 Å². The van der Waals surface area contributed by atoms with Crippen LogP contribution >= 0.6 is 10.7 Å². The Morgan fingerprint density at radius 3 is 2.70 bits per heavy atom. The van der Waals surface area contributed by atoms with E-state index in [-0.39, 0.29) is 16.4 Å². The van der Waals surface area contributed by atoms with Gasteiger partial charge in [0.2, 0.25) is 0 Å². The fraction of sp³-hybridized carbons (Fsp3) is 0.200. The topological polar surface area (TPSA) is 37.0 Å². The van der Waals surface area contributed by atoms with Crippen LogP contribution in [0.2, 0.25) is 0 Å². The van der Waals surface area contributed by atoms with Crippen molar-refractivity contribution >= 4 is 27.5 Å². The number of nitrogens with zero attached hydrogens (tertiary/aromatic N) is 1. The van der Waals surface area contributed by atoms with E-state index in [2.05, 4.69) is 20.4 Å². The molecule has 3 rings (SSSR count). The lowest BCUT2D eigenvalue weighted by Crippen LogP contribution is -2.08. The second-order valence-corrected chi connectivity index (χ2v) is 6.65. The Bertz CT molecular complexity index is 759. The SMILES string of the molecule is Fc1ccc(Nc2cc(S3=CCCN3)ccn2)cc1C(F)(F)F. The van der Waals surface area contributed by atoms with Gasteiger partial charge in [0, 0.05) is 23.3 Å². The van der Waals surface area contributed by atoms with Crippen LogP contribution in [-0.2, 0) is 6.18 Å². The minimum atomic E-state index is -4.73. The van der Waals surface area contributed by atoms with Crippen LogP contribution in [0.3, 0.4) is 0 Å². The molecule has 0 aliphatic carbocycles. The molecule has 0 bridgehead atoms. The largest absolute Gasteiger partial charge is 0.419 e. The number of hydrogen-bond acceptors (Lipinski definition) is 3. The number of pyridine rings is 1. The maximum Gasteiger partial charge on any atom is 0.419 e. The number of aromatic nitrogens is 1. The van der Waals surface area contributed by atoms with Crippen molar-refractivity contribution in [1.29, 1.82) is 0 Å². The normalized spacial score (nSPS) is 17.8. The van der Waals surface area contributed by atoms with Crippen LogP contribution in [0.25, 0.3) is 0 Å². The van der Waals surface area contributed by atoms with Gasteiger partial charge in [-0.2, -0.15) is 13.2 Å². The summed E-state index contributed by atoms with van der Waals surface area (Å²) in [7, 11) is -0.176. The molecule has 0 radical (unpaired) electrons. The molecule has 1 unspecified atom stereocenters. The second-order valence-electron chi connectivity index (χ2n) is 4.88. The maximum atomic E-state index is 13.3. The molecule has 0 saturated heterocycles. The Morgan fingerprint density at radius 2 is 2.00 bits per heavy atom. The van der Waals surface area contributed by atoms with Crippen molar-refractivity contribution in [2.45, 2.75) is 17.5 Å². The average molecular weight is 343 g/mol. The van der Waals surface area contributed by atoms with Crippen molar-refractivity contribution < 1.29 is 17.6 Å². The molecule has 0 amide bonds. The van der Waals surface area contributed by atoms with Gasteiger partial charge < -0.3 is 5.32 Å². The highest BCUT2D eigenvalue weighted by molar-refractivity contribution is 8.13. The van der Waals surface area contributed by atoms with Crippen molar-refractivity contribution in [3.05, 3.63) is 47.9 Å². The molecule has 0 fully saturated rings. The van der Waals surface area contributed by atoms with Gasteiger partial charge in [-0.3, -0.25) is 4.72 Å². The lowest BCUT2D eigenvalue weighted by Gasteiger charge is -2.12. The average Bonchev–Trinajstić information content (AvgIpc) is 3.03. The predicted molar refractivity (Wildman–Crippen MR) is 83.5 cm³/mol. The minimum absolute atomic E-state index is 0.134. The number of benzene rings is 1. The Balaban J connectivity index is 1.86. The third-order valence-corrected chi connectivity index (χ3v) is 5.06. The molecule has 23 heavy (non-hydrogen) atoms. The maximum absolute atomic E-state index is 13.3. The van der Waals surface area contributed by atoms with E-state index in [0.717, 1.165) is 30.0 Å². The van der Waals surface area contributed by atoms with Crippen LogP contribution in [0.1, 0.15) is 12.0 Å². The molecule has 3 nitrogen and oxygen atoms in total. The molecule has 0 spiro atoms. The zero-order valence-corrected chi connectivity index (χ0v) is 12.6. The first-order valence-corrected chi connectivity index (χ1v) is 8.12. The van der Waals surface area contributed by atoms with Crippen molar-refractivity contribution in [3.8, 4) is 0 Å². The number of halogens is 4. The third kappa shape index (κ3) is 3.70. The lowest BCUT2D eigenvalue weighted by atomic mass is 10.2. The van der Waals surface area contributed by atoms with Crippen molar-refractivity contribution in [2.24, 2.45) is 0 Å². The molecule has 1 aromatic carbocycles. The molecule has 2 aromatic rings. The monoisotopic (exact) mass is 343 g/mol. The van der Waals surface area contributed by atoms with E-state index in [1.807, 2.05) is 6.07 Å². The number of rotatable bonds is 3. The fourth-order valence-electron chi connectivity index (χ4n) is 2.17. The van der Waals surface area contributed by atoms with Gasteiger partial charge in [-0.15, -0.1) is 0 Å². The Kier molecular flexibility index (Phi) is 4.36. The molecule has 0 saturated carbocycles. The van der Waals surface area contributed by atoms with Crippen LogP contribution in [0.4, 0.5) is 29.1 Å². The summed E-state index contributed by atoms with van der Waals surface area (Å²) >= 11 is 0. The number of hydrogen-bond donors (Lipinski definition) is 2. The molecule has 2 N–H and O–H groups in total. The van der Waals surface area contributed by atoms with Crippen LogP contribution in [0, 0.1) is 5.82 Å². The Labute approximate surface area is 132 Å².